The fraction of sp³-hybridized carbons (Fsp3) is 0.429. The maximum absolute atomic E-state index is 4.16. The van der Waals surface area contributed by atoms with E-state index in [-0.39, 0.29) is 0 Å². The maximum atomic E-state index is 4.16. The van der Waals surface area contributed by atoms with Gasteiger partial charge in [0.25, 0.3) is 0 Å². The second-order valence-electron chi connectivity index (χ2n) is 4.09. The summed E-state index contributed by atoms with van der Waals surface area (Å²) in [5, 5.41) is 4.65. The fourth-order valence-corrected chi connectivity index (χ4v) is 2.11. The second kappa shape index (κ2) is 4.52. The van der Waals surface area contributed by atoms with Crippen LogP contribution in [-0.2, 0) is 0 Å². The van der Waals surface area contributed by atoms with Crippen LogP contribution in [-0.4, -0.2) is 4.57 Å². The minimum atomic E-state index is 0.419. The van der Waals surface area contributed by atoms with E-state index in [2.05, 4.69) is 57.6 Å². The molecule has 0 atom stereocenters. The van der Waals surface area contributed by atoms with Crippen LogP contribution in [0.1, 0.15) is 40.2 Å². The predicted molar refractivity (Wildman–Crippen MR) is 69.3 cm³/mol. The Labute approximate surface area is 91.7 Å². The Morgan fingerprint density at radius 2 is 1.73 bits per heavy atom. The standard InChI is InChI=1S/C14H21N/c1-7-9-14-12(6)15(10(3)4)11(5)13(14)8-2/h8-10H,5-7H2,1-4H3/b13-8-,14-9-. The summed E-state index contributed by atoms with van der Waals surface area (Å²) in [5.74, 6) is 0. The Balaban J connectivity index is 3.87. The van der Waals surface area contributed by atoms with Crippen molar-refractivity contribution in [1.29, 1.82) is 0 Å². The predicted octanol–water partition coefficient (Wildman–Crippen LogP) is 0.880. The summed E-state index contributed by atoms with van der Waals surface area (Å²) >= 11 is 0. The number of aromatic nitrogens is 1. The van der Waals surface area contributed by atoms with Crippen molar-refractivity contribution in [2.24, 2.45) is 0 Å². The van der Waals surface area contributed by atoms with Crippen LogP contribution in [0.15, 0.2) is 0 Å². The highest BCUT2D eigenvalue weighted by Gasteiger charge is 2.03. The molecule has 1 heteroatoms. The molecule has 0 N–H and O–H groups in total. The average Bonchev–Trinajstić information content (AvgIpc) is 2.39. The quantitative estimate of drug-likeness (QED) is 0.672. The Kier molecular flexibility index (Phi) is 3.57. The van der Waals surface area contributed by atoms with E-state index >= 15 is 0 Å². The first-order chi connectivity index (χ1) is 7.04. The smallest absolute Gasteiger partial charge is 0.0417 e. The van der Waals surface area contributed by atoms with Crippen molar-refractivity contribution in [2.75, 3.05) is 0 Å². The molecule has 15 heavy (non-hydrogen) atoms. The lowest BCUT2D eigenvalue weighted by molar-refractivity contribution is 0.574. The highest BCUT2D eigenvalue weighted by molar-refractivity contribution is 5.32. The van der Waals surface area contributed by atoms with Crippen molar-refractivity contribution in [3.05, 3.63) is 21.1 Å². The summed E-state index contributed by atoms with van der Waals surface area (Å²) in [7, 11) is 0. The molecule has 0 aliphatic rings. The Hall–Kier alpha value is -1.24. The van der Waals surface area contributed by atoms with E-state index in [4.69, 9.17) is 0 Å². The van der Waals surface area contributed by atoms with E-state index in [0.29, 0.717) is 6.04 Å². The molecule has 1 aromatic heterocycles. The summed E-state index contributed by atoms with van der Waals surface area (Å²) in [6.45, 7) is 16.8. The summed E-state index contributed by atoms with van der Waals surface area (Å²) in [5.41, 5.74) is 0. The van der Waals surface area contributed by atoms with Crippen LogP contribution in [0.3, 0.4) is 0 Å². The van der Waals surface area contributed by atoms with Crippen molar-refractivity contribution in [3.8, 4) is 0 Å². The van der Waals surface area contributed by atoms with Crippen molar-refractivity contribution in [2.45, 2.75) is 40.2 Å². The zero-order chi connectivity index (χ0) is 11.6. The molecule has 0 spiro atoms. The van der Waals surface area contributed by atoms with Gasteiger partial charge in [0, 0.05) is 27.2 Å². The topological polar surface area (TPSA) is 4.93 Å². The van der Waals surface area contributed by atoms with Crippen LogP contribution in [0.2, 0.25) is 0 Å². The van der Waals surface area contributed by atoms with Crippen molar-refractivity contribution in [3.63, 3.8) is 0 Å². The molecule has 0 fully saturated rings. The first kappa shape index (κ1) is 11.8. The van der Waals surface area contributed by atoms with Gasteiger partial charge < -0.3 is 4.57 Å². The van der Waals surface area contributed by atoms with E-state index in [1.165, 1.54) is 10.4 Å². The minimum Gasteiger partial charge on any atom is -0.339 e. The van der Waals surface area contributed by atoms with E-state index in [0.717, 1.165) is 17.1 Å². The molecule has 0 radical (unpaired) electrons. The van der Waals surface area contributed by atoms with E-state index in [1.807, 2.05) is 0 Å². The lowest BCUT2D eigenvalue weighted by Crippen LogP contribution is -2.36. The van der Waals surface area contributed by atoms with Crippen LogP contribution < -0.4 is 21.1 Å². The van der Waals surface area contributed by atoms with Gasteiger partial charge >= 0.3 is 0 Å². The van der Waals surface area contributed by atoms with Crippen LogP contribution in [0.25, 0.3) is 25.3 Å². The van der Waals surface area contributed by atoms with Crippen LogP contribution in [0, 0.1) is 0 Å². The molecule has 0 unspecified atom stereocenters. The highest BCUT2D eigenvalue weighted by atomic mass is 15.0. The lowest BCUT2D eigenvalue weighted by Gasteiger charge is -2.07. The second-order valence-corrected chi connectivity index (χ2v) is 4.09. The molecule has 1 rings (SSSR count). The Bertz CT molecular complexity index is 544. The number of hydrogen-bond acceptors (Lipinski definition) is 0. The molecular formula is C14H21N. The van der Waals surface area contributed by atoms with E-state index < -0.39 is 0 Å². The monoisotopic (exact) mass is 203 g/mol. The SMILES string of the molecule is C=c1c(=C/C)/c(=C\CC)c(=C)n1C(C)C. The van der Waals surface area contributed by atoms with Gasteiger partial charge in [-0.2, -0.15) is 0 Å². The molecule has 82 valence electrons. The third-order valence-corrected chi connectivity index (χ3v) is 2.71. The first-order valence-corrected chi connectivity index (χ1v) is 5.59. The molecule has 1 aromatic rings. The largest absolute Gasteiger partial charge is 0.339 e. The van der Waals surface area contributed by atoms with Crippen molar-refractivity contribution < 1.29 is 0 Å². The third-order valence-electron chi connectivity index (χ3n) is 2.71. The van der Waals surface area contributed by atoms with Gasteiger partial charge in [-0.3, -0.25) is 0 Å². The molecule has 1 nitrogen and oxygen atoms in total. The summed E-state index contributed by atoms with van der Waals surface area (Å²) in [6.07, 6.45) is 5.38. The highest BCUT2D eigenvalue weighted by Crippen LogP contribution is 1.91. The van der Waals surface area contributed by atoms with Gasteiger partial charge in [-0.15, -0.1) is 0 Å². The van der Waals surface area contributed by atoms with Crippen LogP contribution in [0.4, 0.5) is 0 Å². The summed E-state index contributed by atoms with van der Waals surface area (Å²) in [4.78, 5) is 0. The van der Waals surface area contributed by atoms with Gasteiger partial charge in [0.1, 0.15) is 0 Å². The zero-order valence-corrected chi connectivity index (χ0v) is 10.3. The van der Waals surface area contributed by atoms with Gasteiger partial charge in [-0.05, 0) is 27.2 Å². The molecular weight excluding hydrogens is 182 g/mol. The van der Waals surface area contributed by atoms with Crippen LogP contribution >= 0.6 is 0 Å². The fourth-order valence-electron chi connectivity index (χ4n) is 2.11. The maximum Gasteiger partial charge on any atom is 0.0417 e. The number of rotatable bonds is 2. The molecule has 0 saturated carbocycles. The van der Waals surface area contributed by atoms with Gasteiger partial charge in [-0.1, -0.05) is 32.2 Å². The molecule has 0 amide bonds. The number of nitrogens with zero attached hydrogens (tertiary/aromatic N) is 1. The van der Waals surface area contributed by atoms with Crippen molar-refractivity contribution >= 4 is 25.3 Å². The van der Waals surface area contributed by atoms with Gasteiger partial charge in [0.15, 0.2) is 0 Å². The molecule has 0 aliphatic carbocycles. The van der Waals surface area contributed by atoms with Gasteiger partial charge in [0.2, 0.25) is 0 Å². The third kappa shape index (κ3) is 1.92. The molecule has 0 aliphatic heterocycles. The normalized spacial score (nSPS) is 14.2. The van der Waals surface area contributed by atoms with Gasteiger partial charge in [0.05, 0.1) is 0 Å². The minimum absolute atomic E-state index is 0.419. The molecule has 0 saturated heterocycles. The lowest BCUT2D eigenvalue weighted by atomic mass is 10.3. The molecule has 0 bridgehead atoms. The van der Waals surface area contributed by atoms with E-state index in [9.17, 15) is 0 Å². The Morgan fingerprint density at radius 1 is 1.20 bits per heavy atom. The summed E-state index contributed by atoms with van der Waals surface area (Å²) in [6, 6.07) is 0.419. The zero-order valence-electron chi connectivity index (χ0n) is 10.3. The molecule has 0 aromatic carbocycles. The van der Waals surface area contributed by atoms with Gasteiger partial charge in [-0.25, -0.2) is 0 Å². The van der Waals surface area contributed by atoms with E-state index in [1.54, 1.807) is 0 Å². The molecule has 1 heterocycles. The van der Waals surface area contributed by atoms with Crippen LogP contribution in [0.5, 0.6) is 0 Å². The summed E-state index contributed by atoms with van der Waals surface area (Å²) < 4.78 is 2.21. The Morgan fingerprint density at radius 3 is 2.13 bits per heavy atom. The average molecular weight is 203 g/mol. The number of hydrogen-bond donors (Lipinski definition) is 0. The van der Waals surface area contributed by atoms with Crippen molar-refractivity contribution in [1.82, 2.24) is 4.57 Å². The first-order valence-electron chi connectivity index (χ1n) is 5.59.